The van der Waals surface area contributed by atoms with Gasteiger partial charge in [-0.25, -0.2) is 8.42 Å². The van der Waals surface area contributed by atoms with Crippen LogP contribution < -0.4 is 75.9 Å². The van der Waals surface area contributed by atoms with Gasteiger partial charge in [-0.1, -0.05) is 44.4 Å². The fourth-order valence-electron chi connectivity index (χ4n) is 12.2. The van der Waals surface area contributed by atoms with Gasteiger partial charge >= 0.3 is 29.6 Å². The molecule has 4 saturated heterocycles. The third kappa shape index (κ3) is 17.2. The molecule has 0 bridgehead atoms. The van der Waals surface area contributed by atoms with E-state index in [1.807, 2.05) is 0 Å². The van der Waals surface area contributed by atoms with Crippen molar-refractivity contribution in [2.75, 3.05) is 55.6 Å². The first-order valence-electron chi connectivity index (χ1n) is 29.4. The average Bonchev–Trinajstić information content (AvgIpc) is 2.00. The Kier molecular flexibility index (Phi) is 24.0. The molecule has 8 amide bonds. The van der Waals surface area contributed by atoms with Gasteiger partial charge in [0.15, 0.2) is 11.5 Å². The maximum absolute atomic E-state index is 14.7. The summed E-state index contributed by atoms with van der Waals surface area (Å²) in [5.74, 6) is -12.5. The molecule has 4 heterocycles. The molecular weight excluding hydrogens is 1210 g/mol. The SMILES string of the molecule is C[C@@H](O)C1NC(=O)[C@@H](NC(=O)c2ccc(N3CCN(c4ccc(C5CCCCC5)cc4)CC3)cc2)C[C@@H](O)CNC(=O)C2[C@@H](O)[C@@H](C)CN2C(=O)C([C@H](O)CC(N)=O)NC(=O)C([C@H](O)[C@@H](O)c2ccc(O)c(OS(=O)(=O)[O-])c2)NC(=O)C2C[C@@H](O)CN2C1=O.[Na+]. The predicted molar refractivity (Wildman–Crippen MR) is 312 cm³/mol. The van der Waals surface area contributed by atoms with Crippen LogP contribution in [0.1, 0.15) is 98.7 Å². The fourth-order valence-corrected chi connectivity index (χ4v) is 12.5. The van der Waals surface area contributed by atoms with Crippen LogP contribution >= 0.6 is 0 Å². The first kappa shape index (κ1) is 70.7. The van der Waals surface area contributed by atoms with Crippen LogP contribution in [0.3, 0.4) is 0 Å². The van der Waals surface area contributed by atoms with Crippen molar-refractivity contribution in [1.82, 2.24) is 36.4 Å². The van der Waals surface area contributed by atoms with Gasteiger partial charge in [-0.05, 0) is 85.3 Å². The average molecular weight is 1290 g/mol. The van der Waals surface area contributed by atoms with Gasteiger partial charge in [-0.2, -0.15) is 0 Å². The number of amides is 8. The predicted octanol–water partition coefficient (Wildman–Crippen LogP) is -7.08. The summed E-state index contributed by atoms with van der Waals surface area (Å²) >= 11 is 0. The molecule has 3 aromatic carbocycles. The van der Waals surface area contributed by atoms with Gasteiger partial charge in [0.05, 0.1) is 36.9 Å². The zero-order valence-electron chi connectivity index (χ0n) is 49.9. The van der Waals surface area contributed by atoms with Crippen LogP contribution in [0, 0.1) is 5.92 Å². The second-order valence-corrected chi connectivity index (χ2v) is 24.5. The molecule has 15 N–H and O–H groups in total. The molecule has 0 radical (unpaired) electrons. The number of carbonyl (C=O) groups is 8. The van der Waals surface area contributed by atoms with Crippen LogP contribution in [-0.2, 0) is 44.0 Å². The van der Waals surface area contributed by atoms with E-state index in [4.69, 9.17) is 5.73 Å². The van der Waals surface area contributed by atoms with E-state index in [1.165, 1.54) is 56.7 Å². The van der Waals surface area contributed by atoms with Crippen molar-refractivity contribution in [3.63, 3.8) is 0 Å². The number of primary amides is 1. The molecule has 0 aromatic heterocycles. The molecule has 3 aromatic rings. The summed E-state index contributed by atoms with van der Waals surface area (Å²) in [5, 5.41) is 101. The van der Waals surface area contributed by atoms with Crippen molar-refractivity contribution in [2.24, 2.45) is 11.7 Å². The van der Waals surface area contributed by atoms with Crippen molar-refractivity contribution < 1.29 is 126 Å². The molecular formula is C58H77N10NaO20S. The molecule has 5 fully saturated rings. The summed E-state index contributed by atoms with van der Waals surface area (Å²) < 4.78 is 38.6. The molecule has 486 valence electrons. The quantitative estimate of drug-likeness (QED) is 0.0405. The first-order chi connectivity index (χ1) is 42.1. The number of phenolic OH excluding ortho intramolecular Hbond substituents is 1. The number of rotatable bonds is 14. The van der Waals surface area contributed by atoms with E-state index in [1.54, 1.807) is 12.1 Å². The maximum Gasteiger partial charge on any atom is 1.00 e. The van der Waals surface area contributed by atoms with Crippen LogP contribution in [0.25, 0.3) is 0 Å². The number of carbonyl (C=O) groups excluding carboxylic acids is 8. The van der Waals surface area contributed by atoms with Crippen molar-refractivity contribution in [3.05, 3.63) is 83.4 Å². The zero-order valence-corrected chi connectivity index (χ0v) is 52.7. The third-order valence-electron chi connectivity index (χ3n) is 17.1. The van der Waals surface area contributed by atoms with E-state index in [0.29, 0.717) is 40.9 Å². The molecule has 30 nitrogen and oxygen atoms in total. The van der Waals surface area contributed by atoms with Crippen LogP contribution in [0.5, 0.6) is 11.5 Å². The van der Waals surface area contributed by atoms with Gasteiger partial charge < -0.3 is 102 Å². The largest absolute Gasteiger partial charge is 1.00 e. The summed E-state index contributed by atoms with van der Waals surface area (Å²) in [7, 11) is -5.58. The van der Waals surface area contributed by atoms with Gasteiger partial charge in [0, 0.05) is 81.5 Å². The number of phenols is 1. The summed E-state index contributed by atoms with van der Waals surface area (Å²) in [4.78, 5) is 119. The van der Waals surface area contributed by atoms with Crippen LogP contribution in [-0.4, -0.2) is 230 Å². The van der Waals surface area contributed by atoms with E-state index in [2.05, 4.69) is 64.8 Å². The topological polar surface area (TPSA) is 464 Å². The van der Waals surface area contributed by atoms with E-state index < -0.39 is 199 Å². The van der Waals surface area contributed by atoms with Gasteiger partial charge in [-0.3, -0.25) is 38.4 Å². The maximum atomic E-state index is 14.7. The van der Waals surface area contributed by atoms with Crippen molar-refractivity contribution >= 4 is 69.0 Å². The number of benzene rings is 3. The van der Waals surface area contributed by atoms with Gasteiger partial charge in [-0.15, -0.1) is 0 Å². The Bertz CT molecular complexity index is 3190. The van der Waals surface area contributed by atoms with E-state index in [9.17, 15) is 92.2 Å². The Labute approximate surface area is 540 Å². The number of piperazine rings is 1. The number of nitrogens with zero attached hydrogens (tertiary/aromatic N) is 4. The molecule has 0 spiro atoms. The number of aliphatic hydroxyl groups is 7. The summed E-state index contributed by atoms with van der Waals surface area (Å²) in [5.41, 5.74) is 8.13. The third-order valence-corrected chi connectivity index (χ3v) is 17.4. The molecule has 90 heavy (non-hydrogen) atoms. The molecule has 5 aliphatic rings. The van der Waals surface area contributed by atoms with E-state index in [0.717, 1.165) is 37.5 Å². The van der Waals surface area contributed by atoms with Gasteiger partial charge in [0.2, 0.25) is 41.4 Å². The van der Waals surface area contributed by atoms with E-state index >= 15 is 0 Å². The van der Waals surface area contributed by atoms with Gasteiger partial charge in [0.1, 0.15) is 48.5 Å². The molecule has 1 aliphatic carbocycles. The normalized spacial score (nSPS) is 27.7. The number of hydrogen-bond acceptors (Lipinski definition) is 22. The van der Waals surface area contributed by atoms with Crippen LogP contribution in [0.15, 0.2) is 66.7 Å². The second kappa shape index (κ2) is 30.6. The molecule has 14 atom stereocenters. The Morgan fingerprint density at radius 1 is 0.733 bits per heavy atom. The number of aliphatic hydroxyl groups excluding tert-OH is 7. The molecule has 5 unspecified atom stereocenters. The molecule has 4 aliphatic heterocycles. The Morgan fingerprint density at radius 3 is 1.90 bits per heavy atom. The Morgan fingerprint density at radius 2 is 1.31 bits per heavy atom. The number of anilines is 2. The minimum atomic E-state index is -5.58. The molecule has 8 rings (SSSR count). The van der Waals surface area contributed by atoms with Crippen molar-refractivity contribution in [3.8, 4) is 11.5 Å². The monoisotopic (exact) mass is 1290 g/mol. The van der Waals surface area contributed by atoms with Crippen molar-refractivity contribution in [1.29, 1.82) is 0 Å². The van der Waals surface area contributed by atoms with Crippen molar-refractivity contribution in [2.45, 2.75) is 150 Å². The summed E-state index contributed by atoms with van der Waals surface area (Å²) in [6.45, 7) is 3.41. The van der Waals surface area contributed by atoms with Crippen LogP contribution in [0.4, 0.5) is 11.4 Å². The summed E-state index contributed by atoms with van der Waals surface area (Å²) in [6, 6.07) is 4.98. The second-order valence-electron chi connectivity index (χ2n) is 23.5. The molecule has 1 saturated carbocycles. The number of aromatic hydroxyl groups is 1. The first-order valence-corrected chi connectivity index (χ1v) is 30.8. The fraction of sp³-hybridized carbons (Fsp3) is 0.552. The summed E-state index contributed by atoms with van der Waals surface area (Å²) in [6.07, 6.45) is -10.4. The smallest absolute Gasteiger partial charge is 0.716 e. The Balaban J connectivity index is 0.0000115. The van der Waals surface area contributed by atoms with Gasteiger partial charge in [0.25, 0.3) is 16.3 Å². The number of β-amino-alcohol motifs (C(OH)–C–C–N with tert-alkyl or cyclic N) is 1. The van der Waals surface area contributed by atoms with Crippen LogP contribution in [0.2, 0.25) is 0 Å². The number of nitrogens with two attached hydrogens (primary N) is 1. The number of nitrogens with one attached hydrogen (secondary N) is 5. The minimum Gasteiger partial charge on any atom is -0.716 e. The number of fused-ring (bicyclic) bond motifs is 2. The minimum absolute atomic E-state index is 0. The number of hydrogen-bond donors (Lipinski definition) is 14. The standard InChI is InChI=1S/C58H78N10O20S.Na/c1-29-27-68-48(49(29)75)56(82)60-26-37(70)23-39(61-52(78)33-10-15-36(16-11-33)66-20-18-65(19-21-66)35-13-8-32(9-14-35)31-6-4-3-5-7-31)53(79)62-45(30(2)69)57(83)67-28-38(71)24-40(67)54(80)64-47(55(81)63-46(58(68)84)42(73)25-44(59)74)51(77)50(76)34-12-17-41(72)43(22-34)88-89(85,86)87;/h8-17,22,29-31,37-40,42,45-51,69-73,75-77H,3-7,18-21,23-28H2,1-2H3,(H2,59,74)(H,60,82)(H,61,78)(H,62,79)(H,63,81)(H,64,80)(H,85,86,87);/q;+1/p-1/t29-,30+,37+,38+,39-,40?,42+,45?,46?,47?,48?,49-,50-,51-;/m0./s1. The van der Waals surface area contributed by atoms with E-state index in [-0.39, 0.29) is 35.1 Å². The molecule has 32 heteroatoms. The zero-order chi connectivity index (χ0) is 64.8. The Hall–Kier alpha value is -6.75.